The molecule has 5 rings (SSSR count). The summed E-state index contributed by atoms with van der Waals surface area (Å²) in [5, 5.41) is 17.3. The lowest BCUT2D eigenvalue weighted by Gasteiger charge is -2.38. The SMILES string of the molecule is C#C[C@]1(O)CCN(C2CCN(c3cc(C(=O)N[C@H](C)c4cccc(C(F)F)c4F)cn4ncnc34)CC2)C1. The Morgan fingerprint density at radius 3 is 2.68 bits per heavy atom. The molecule has 0 aliphatic carbocycles. The third kappa shape index (κ3) is 4.93. The lowest BCUT2D eigenvalue weighted by Crippen LogP contribution is -2.45. The molecule has 2 N–H and O–H groups in total. The second-order valence-electron chi connectivity index (χ2n) is 10.0. The molecule has 0 spiro atoms. The number of β-amino-alcohol motifs (C(OH)–C–C–N with tert-alkyl or cyclic N) is 1. The van der Waals surface area contributed by atoms with Gasteiger partial charge in [-0.2, -0.15) is 5.10 Å². The van der Waals surface area contributed by atoms with E-state index in [1.807, 2.05) is 0 Å². The smallest absolute Gasteiger partial charge is 0.266 e. The number of anilines is 1. The molecule has 1 aromatic carbocycles. The number of alkyl halides is 2. The summed E-state index contributed by atoms with van der Waals surface area (Å²) in [6, 6.07) is 4.95. The Balaban J connectivity index is 1.32. The normalized spacial score (nSPS) is 21.7. The largest absolute Gasteiger partial charge is 0.376 e. The van der Waals surface area contributed by atoms with E-state index in [-0.39, 0.29) is 11.1 Å². The van der Waals surface area contributed by atoms with Gasteiger partial charge in [-0.3, -0.25) is 9.69 Å². The van der Waals surface area contributed by atoms with Gasteiger partial charge in [-0.1, -0.05) is 24.1 Å². The first kappa shape index (κ1) is 26.0. The molecular formula is C27H29F3N6O2. The lowest BCUT2D eigenvalue weighted by atomic mass is 10.0. The molecule has 2 atom stereocenters. The first-order chi connectivity index (χ1) is 18.2. The van der Waals surface area contributed by atoms with Gasteiger partial charge in [0.15, 0.2) is 5.65 Å². The summed E-state index contributed by atoms with van der Waals surface area (Å²) < 4.78 is 42.4. The van der Waals surface area contributed by atoms with Crippen LogP contribution in [-0.2, 0) is 0 Å². The van der Waals surface area contributed by atoms with Gasteiger partial charge in [-0.25, -0.2) is 22.7 Å². The maximum atomic E-state index is 14.6. The number of nitrogens with zero attached hydrogens (tertiary/aromatic N) is 5. The number of terminal acetylenes is 1. The molecule has 0 unspecified atom stereocenters. The van der Waals surface area contributed by atoms with Crippen LogP contribution in [0.25, 0.3) is 5.65 Å². The number of halogens is 3. The van der Waals surface area contributed by atoms with Crippen molar-refractivity contribution >= 4 is 17.2 Å². The van der Waals surface area contributed by atoms with E-state index in [0.717, 1.165) is 31.1 Å². The van der Waals surface area contributed by atoms with Crippen LogP contribution in [0.2, 0.25) is 0 Å². The molecule has 200 valence electrons. The number of carbonyl (C=O) groups is 1. The third-order valence-corrected chi connectivity index (χ3v) is 7.59. The molecule has 0 radical (unpaired) electrons. The van der Waals surface area contributed by atoms with Crippen LogP contribution in [0.1, 0.15) is 60.1 Å². The molecule has 0 saturated carbocycles. The van der Waals surface area contributed by atoms with Gasteiger partial charge in [0.25, 0.3) is 12.3 Å². The fourth-order valence-corrected chi connectivity index (χ4v) is 5.42. The van der Waals surface area contributed by atoms with Crippen LogP contribution in [0.4, 0.5) is 18.9 Å². The first-order valence-electron chi connectivity index (χ1n) is 12.6. The molecule has 2 aliphatic rings. The van der Waals surface area contributed by atoms with Crippen LogP contribution in [-0.4, -0.2) is 68.3 Å². The average molecular weight is 527 g/mol. The van der Waals surface area contributed by atoms with Gasteiger partial charge in [0.2, 0.25) is 0 Å². The van der Waals surface area contributed by atoms with Crippen LogP contribution >= 0.6 is 0 Å². The fourth-order valence-electron chi connectivity index (χ4n) is 5.42. The summed E-state index contributed by atoms with van der Waals surface area (Å²) in [7, 11) is 0. The highest BCUT2D eigenvalue weighted by molar-refractivity contribution is 5.96. The molecule has 8 nitrogen and oxygen atoms in total. The molecule has 2 aromatic heterocycles. The fraction of sp³-hybridized carbons (Fsp3) is 0.444. The van der Waals surface area contributed by atoms with E-state index in [1.165, 1.54) is 29.2 Å². The van der Waals surface area contributed by atoms with E-state index in [0.29, 0.717) is 37.7 Å². The summed E-state index contributed by atoms with van der Waals surface area (Å²) in [5.41, 5.74) is -0.140. The van der Waals surface area contributed by atoms with E-state index in [1.54, 1.807) is 13.0 Å². The Labute approximate surface area is 218 Å². The number of benzene rings is 1. The van der Waals surface area contributed by atoms with Crippen LogP contribution in [0, 0.1) is 18.2 Å². The van der Waals surface area contributed by atoms with Crippen LogP contribution in [0.15, 0.2) is 36.8 Å². The van der Waals surface area contributed by atoms with Crippen molar-refractivity contribution in [2.75, 3.05) is 31.1 Å². The molecule has 11 heteroatoms. The Kier molecular flexibility index (Phi) is 7.03. The van der Waals surface area contributed by atoms with Crippen molar-refractivity contribution in [1.29, 1.82) is 0 Å². The Hall–Kier alpha value is -3.62. The predicted molar refractivity (Wildman–Crippen MR) is 135 cm³/mol. The van der Waals surface area contributed by atoms with Crippen LogP contribution < -0.4 is 10.2 Å². The third-order valence-electron chi connectivity index (χ3n) is 7.59. The van der Waals surface area contributed by atoms with Crippen LogP contribution in [0.3, 0.4) is 0 Å². The molecule has 2 aliphatic heterocycles. The monoisotopic (exact) mass is 526 g/mol. The number of aliphatic hydroxyl groups is 1. The number of hydrogen-bond donors (Lipinski definition) is 2. The molecule has 0 bridgehead atoms. The maximum absolute atomic E-state index is 14.6. The highest BCUT2D eigenvalue weighted by atomic mass is 19.3. The van der Waals surface area contributed by atoms with Gasteiger partial charge in [0, 0.05) is 50.4 Å². The van der Waals surface area contributed by atoms with Crippen molar-refractivity contribution in [2.45, 2.75) is 50.3 Å². The zero-order valence-corrected chi connectivity index (χ0v) is 20.9. The topological polar surface area (TPSA) is 86.0 Å². The molecule has 1 amide bonds. The number of pyridine rings is 1. The first-order valence-corrected chi connectivity index (χ1v) is 12.6. The zero-order valence-electron chi connectivity index (χ0n) is 20.9. The highest BCUT2D eigenvalue weighted by Gasteiger charge is 2.38. The van der Waals surface area contributed by atoms with Crippen molar-refractivity contribution in [3.8, 4) is 12.3 Å². The Morgan fingerprint density at radius 2 is 2.00 bits per heavy atom. The summed E-state index contributed by atoms with van der Waals surface area (Å²) in [6.07, 6.45) is 7.77. The van der Waals surface area contributed by atoms with Gasteiger partial charge < -0.3 is 15.3 Å². The number of carbonyl (C=O) groups excluding carboxylic acids is 1. The quantitative estimate of drug-likeness (QED) is 0.480. The van der Waals surface area contributed by atoms with Gasteiger partial charge in [0.1, 0.15) is 17.7 Å². The summed E-state index contributed by atoms with van der Waals surface area (Å²) in [4.78, 5) is 21.9. The minimum absolute atomic E-state index is 0.0149. The molecular weight excluding hydrogens is 497 g/mol. The summed E-state index contributed by atoms with van der Waals surface area (Å²) in [6.45, 7) is 4.20. The van der Waals surface area contributed by atoms with Crippen molar-refractivity contribution < 1.29 is 23.1 Å². The molecule has 38 heavy (non-hydrogen) atoms. The highest BCUT2D eigenvalue weighted by Crippen LogP contribution is 2.31. The number of amides is 1. The van der Waals surface area contributed by atoms with Gasteiger partial charge in [-0.05, 0) is 25.8 Å². The van der Waals surface area contributed by atoms with E-state index >= 15 is 0 Å². The summed E-state index contributed by atoms with van der Waals surface area (Å²) in [5.74, 6) is 0.995. The van der Waals surface area contributed by atoms with E-state index in [9.17, 15) is 23.1 Å². The number of nitrogens with one attached hydrogen (secondary N) is 1. The van der Waals surface area contributed by atoms with Crippen molar-refractivity contribution in [3.05, 3.63) is 59.3 Å². The maximum Gasteiger partial charge on any atom is 0.266 e. The molecule has 3 aromatic rings. The molecule has 2 fully saturated rings. The van der Waals surface area contributed by atoms with Gasteiger partial charge in [0.05, 0.1) is 22.9 Å². The summed E-state index contributed by atoms with van der Waals surface area (Å²) >= 11 is 0. The Bertz CT molecular complexity index is 1380. The number of fused-ring (bicyclic) bond motifs is 1. The number of hydrogen-bond acceptors (Lipinski definition) is 6. The number of aromatic nitrogens is 3. The second-order valence-corrected chi connectivity index (χ2v) is 10.0. The van der Waals surface area contributed by atoms with Crippen LogP contribution in [0.5, 0.6) is 0 Å². The predicted octanol–water partition coefficient (Wildman–Crippen LogP) is 3.34. The lowest BCUT2D eigenvalue weighted by molar-refractivity contribution is 0.0938. The minimum Gasteiger partial charge on any atom is -0.376 e. The average Bonchev–Trinajstić information content (AvgIpc) is 3.55. The minimum atomic E-state index is -2.95. The Morgan fingerprint density at radius 1 is 1.26 bits per heavy atom. The molecule has 4 heterocycles. The molecule has 2 saturated heterocycles. The van der Waals surface area contributed by atoms with Crippen molar-refractivity contribution in [3.63, 3.8) is 0 Å². The zero-order chi connectivity index (χ0) is 27.0. The van der Waals surface area contributed by atoms with E-state index in [4.69, 9.17) is 6.42 Å². The number of likely N-dealkylation sites (tertiary alicyclic amines) is 1. The van der Waals surface area contributed by atoms with Gasteiger partial charge in [-0.15, -0.1) is 6.42 Å². The van der Waals surface area contributed by atoms with Crippen molar-refractivity contribution in [1.82, 2.24) is 24.8 Å². The van der Waals surface area contributed by atoms with E-state index in [2.05, 4.69) is 31.1 Å². The van der Waals surface area contributed by atoms with E-state index < -0.39 is 35.4 Å². The van der Waals surface area contributed by atoms with Gasteiger partial charge >= 0.3 is 0 Å². The number of piperidine rings is 1. The number of rotatable bonds is 6. The van der Waals surface area contributed by atoms with Crippen molar-refractivity contribution in [2.24, 2.45) is 0 Å². The second kappa shape index (κ2) is 10.3. The standard InChI is InChI=1S/C27H29F3N6O2/c1-3-27(38)9-12-35(15-27)19-7-10-34(11-8-19)22-13-18(14-36-25(22)31-16-32-36)26(37)33-17(2)20-5-4-6-21(23(20)28)24(29)30/h1,4-6,13-14,16-17,19,24,38H,7-12,15H2,2H3,(H,33,37)/t17-,27+/m1/s1.